The van der Waals surface area contributed by atoms with Crippen LogP contribution < -0.4 is 19.5 Å². The lowest BCUT2D eigenvalue weighted by molar-refractivity contribution is -0.155. The van der Waals surface area contributed by atoms with Gasteiger partial charge in [-0.05, 0) is 37.3 Å². The third kappa shape index (κ3) is 5.37. The number of amides is 1. The maximum Gasteiger partial charge on any atom is 0.344 e. The molecule has 0 fully saturated rings. The SMILES string of the molecule is CC(OC(=O)COc1cccc(Br)c1)C(=O)Nc1ccc2c(c1)OCCO2. The second kappa shape index (κ2) is 8.77. The quantitative estimate of drug-likeness (QED) is 0.701. The van der Waals surface area contributed by atoms with Gasteiger partial charge in [0.05, 0.1) is 0 Å². The Balaban J connectivity index is 1.49. The lowest BCUT2D eigenvalue weighted by atomic mass is 10.2. The van der Waals surface area contributed by atoms with Gasteiger partial charge >= 0.3 is 5.97 Å². The summed E-state index contributed by atoms with van der Waals surface area (Å²) < 4.78 is 22.2. The minimum atomic E-state index is -0.975. The molecule has 0 bridgehead atoms. The molecule has 0 aromatic heterocycles. The average Bonchev–Trinajstić information content (AvgIpc) is 2.66. The molecule has 1 aliphatic heterocycles. The van der Waals surface area contributed by atoms with Crippen LogP contribution >= 0.6 is 15.9 Å². The highest BCUT2D eigenvalue weighted by Crippen LogP contribution is 2.32. The Morgan fingerprint density at radius 1 is 1.15 bits per heavy atom. The van der Waals surface area contributed by atoms with Crippen molar-refractivity contribution in [2.24, 2.45) is 0 Å². The lowest BCUT2D eigenvalue weighted by Crippen LogP contribution is -2.31. The van der Waals surface area contributed by atoms with Crippen molar-refractivity contribution >= 4 is 33.5 Å². The first-order valence-corrected chi connectivity index (χ1v) is 9.09. The summed E-state index contributed by atoms with van der Waals surface area (Å²) in [5.41, 5.74) is 0.525. The van der Waals surface area contributed by atoms with Gasteiger partial charge in [0.15, 0.2) is 24.2 Å². The molecule has 3 rings (SSSR count). The van der Waals surface area contributed by atoms with Crippen LogP contribution in [0.1, 0.15) is 6.92 Å². The summed E-state index contributed by atoms with van der Waals surface area (Å²) in [4.78, 5) is 24.1. The van der Waals surface area contributed by atoms with Crippen molar-refractivity contribution in [2.75, 3.05) is 25.1 Å². The first-order valence-electron chi connectivity index (χ1n) is 8.29. The predicted molar refractivity (Wildman–Crippen MR) is 101 cm³/mol. The summed E-state index contributed by atoms with van der Waals surface area (Å²) in [5.74, 6) is 0.617. The highest BCUT2D eigenvalue weighted by molar-refractivity contribution is 9.10. The van der Waals surface area contributed by atoms with Crippen molar-refractivity contribution < 1.29 is 28.5 Å². The fourth-order valence-corrected chi connectivity index (χ4v) is 2.73. The van der Waals surface area contributed by atoms with Gasteiger partial charge in [-0.15, -0.1) is 0 Å². The molecule has 2 aromatic carbocycles. The zero-order valence-corrected chi connectivity index (χ0v) is 16.2. The van der Waals surface area contributed by atoms with Gasteiger partial charge in [0, 0.05) is 16.2 Å². The number of fused-ring (bicyclic) bond motifs is 1. The molecule has 8 heteroatoms. The van der Waals surface area contributed by atoms with Crippen molar-refractivity contribution in [3.63, 3.8) is 0 Å². The number of esters is 1. The van der Waals surface area contributed by atoms with Gasteiger partial charge < -0.3 is 24.3 Å². The molecule has 142 valence electrons. The number of ether oxygens (including phenoxy) is 4. The Hall–Kier alpha value is -2.74. The van der Waals surface area contributed by atoms with E-state index in [-0.39, 0.29) is 6.61 Å². The smallest absolute Gasteiger partial charge is 0.344 e. The van der Waals surface area contributed by atoms with Crippen LogP contribution in [0, 0.1) is 0 Å². The molecule has 0 radical (unpaired) electrons. The first kappa shape index (κ1) is 19.0. The molecular weight excluding hydrogens is 418 g/mol. The number of halogens is 1. The molecule has 2 aromatic rings. The predicted octanol–water partition coefficient (Wildman–Crippen LogP) is 3.17. The van der Waals surface area contributed by atoms with E-state index in [1.54, 1.807) is 36.4 Å². The third-order valence-corrected chi connectivity index (χ3v) is 4.13. The standard InChI is InChI=1S/C19H18BrNO6/c1-12(27-18(22)11-26-15-4-2-3-13(20)9-15)19(23)21-14-5-6-16-17(10-14)25-8-7-24-16/h2-6,9-10,12H,7-8,11H2,1H3,(H,21,23). The molecule has 1 unspecified atom stereocenters. The summed E-state index contributed by atoms with van der Waals surface area (Å²) in [6.07, 6.45) is -0.975. The van der Waals surface area contributed by atoms with Crippen LogP contribution in [-0.2, 0) is 14.3 Å². The first-order chi connectivity index (χ1) is 13.0. The normalized spacial score (nSPS) is 13.4. The fourth-order valence-electron chi connectivity index (χ4n) is 2.35. The van der Waals surface area contributed by atoms with Gasteiger partial charge in [-0.25, -0.2) is 4.79 Å². The molecule has 1 aliphatic rings. The van der Waals surface area contributed by atoms with Crippen LogP contribution in [0.4, 0.5) is 5.69 Å². The maximum atomic E-state index is 12.2. The highest BCUT2D eigenvalue weighted by Gasteiger charge is 2.19. The summed E-state index contributed by atoms with van der Waals surface area (Å²) in [7, 11) is 0. The molecule has 0 aliphatic carbocycles. The third-order valence-electron chi connectivity index (χ3n) is 3.64. The van der Waals surface area contributed by atoms with E-state index < -0.39 is 18.0 Å². The molecule has 1 N–H and O–H groups in total. The largest absolute Gasteiger partial charge is 0.486 e. The molecule has 27 heavy (non-hydrogen) atoms. The minimum Gasteiger partial charge on any atom is -0.486 e. The van der Waals surface area contributed by atoms with Crippen LogP contribution in [0.5, 0.6) is 17.2 Å². The number of hydrogen-bond acceptors (Lipinski definition) is 6. The number of nitrogens with one attached hydrogen (secondary N) is 1. The van der Waals surface area contributed by atoms with Crippen LogP contribution in [-0.4, -0.2) is 37.8 Å². The molecule has 7 nitrogen and oxygen atoms in total. The van der Waals surface area contributed by atoms with Crippen LogP contribution in [0.3, 0.4) is 0 Å². The molecule has 1 heterocycles. The number of anilines is 1. The van der Waals surface area contributed by atoms with Crippen molar-refractivity contribution in [2.45, 2.75) is 13.0 Å². The van der Waals surface area contributed by atoms with Crippen molar-refractivity contribution in [1.82, 2.24) is 0 Å². The zero-order valence-electron chi connectivity index (χ0n) is 14.6. The topological polar surface area (TPSA) is 83.1 Å². The van der Waals surface area contributed by atoms with Crippen LogP contribution in [0.25, 0.3) is 0 Å². The van der Waals surface area contributed by atoms with Crippen molar-refractivity contribution in [3.8, 4) is 17.2 Å². The Morgan fingerprint density at radius 3 is 2.70 bits per heavy atom. The van der Waals surface area contributed by atoms with E-state index in [1.807, 2.05) is 6.07 Å². The van der Waals surface area contributed by atoms with E-state index in [0.29, 0.717) is 36.1 Å². The van der Waals surface area contributed by atoms with Gasteiger partial charge in [0.2, 0.25) is 0 Å². The fraction of sp³-hybridized carbons (Fsp3) is 0.263. The number of hydrogen-bond donors (Lipinski definition) is 1. The van der Waals surface area contributed by atoms with Gasteiger partial charge in [-0.1, -0.05) is 22.0 Å². The highest BCUT2D eigenvalue weighted by atomic mass is 79.9. The van der Waals surface area contributed by atoms with E-state index in [2.05, 4.69) is 21.2 Å². The van der Waals surface area contributed by atoms with E-state index in [9.17, 15) is 9.59 Å². The van der Waals surface area contributed by atoms with Crippen LogP contribution in [0.2, 0.25) is 0 Å². The minimum absolute atomic E-state index is 0.294. The Labute approximate surface area is 164 Å². The van der Waals surface area contributed by atoms with Crippen molar-refractivity contribution in [1.29, 1.82) is 0 Å². The van der Waals surface area contributed by atoms with E-state index in [0.717, 1.165) is 4.47 Å². The van der Waals surface area contributed by atoms with E-state index >= 15 is 0 Å². The van der Waals surface area contributed by atoms with E-state index in [4.69, 9.17) is 18.9 Å². The number of rotatable bonds is 6. The summed E-state index contributed by atoms with van der Waals surface area (Å²) >= 11 is 3.32. The van der Waals surface area contributed by atoms with Gasteiger partial charge in [0.1, 0.15) is 19.0 Å². The summed E-state index contributed by atoms with van der Waals surface area (Å²) in [5, 5.41) is 2.68. The van der Waals surface area contributed by atoms with Gasteiger partial charge in [-0.3, -0.25) is 4.79 Å². The molecule has 0 saturated heterocycles. The Kier molecular flexibility index (Phi) is 6.18. The second-order valence-electron chi connectivity index (χ2n) is 5.73. The van der Waals surface area contributed by atoms with E-state index in [1.165, 1.54) is 6.92 Å². The number of carbonyl (C=O) groups excluding carboxylic acids is 2. The lowest BCUT2D eigenvalue weighted by Gasteiger charge is -2.19. The van der Waals surface area contributed by atoms with Crippen LogP contribution in [0.15, 0.2) is 46.9 Å². The zero-order chi connectivity index (χ0) is 19.2. The van der Waals surface area contributed by atoms with Gasteiger partial charge in [0.25, 0.3) is 5.91 Å². The summed E-state index contributed by atoms with van der Waals surface area (Å²) in [6.45, 7) is 2.15. The van der Waals surface area contributed by atoms with Gasteiger partial charge in [-0.2, -0.15) is 0 Å². The number of benzene rings is 2. The Morgan fingerprint density at radius 2 is 1.93 bits per heavy atom. The summed E-state index contributed by atoms with van der Waals surface area (Å²) in [6, 6.07) is 12.1. The molecule has 0 spiro atoms. The second-order valence-corrected chi connectivity index (χ2v) is 6.64. The molecule has 1 amide bonds. The Bertz CT molecular complexity index is 841. The molecule has 0 saturated carbocycles. The average molecular weight is 436 g/mol. The maximum absolute atomic E-state index is 12.2. The molecular formula is C19H18BrNO6. The number of carbonyl (C=O) groups is 2. The van der Waals surface area contributed by atoms with Crippen molar-refractivity contribution in [3.05, 3.63) is 46.9 Å². The monoisotopic (exact) mass is 435 g/mol. The molecule has 1 atom stereocenters.